The molecule has 0 saturated heterocycles. The molecule has 1 N–H and O–H groups in total. The highest BCUT2D eigenvalue weighted by molar-refractivity contribution is 9.11. The van der Waals surface area contributed by atoms with Gasteiger partial charge in [0.25, 0.3) is 10.0 Å². The van der Waals surface area contributed by atoms with Gasteiger partial charge in [0.05, 0.1) is 0 Å². The maximum absolute atomic E-state index is 12.4. The fraction of sp³-hybridized carbons (Fsp3) is 0.154. The average Bonchev–Trinajstić information content (AvgIpc) is 2.36. The van der Waals surface area contributed by atoms with E-state index in [1.54, 1.807) is 30.5 Å². The second-order valence-electron chi connectivity index (χ2n) is 4.36. The van der Waals surface area contributed by atoms with Crippen LogP contribution in [0.25, 0.3) is 0 Å². The van der Waals surface area contributed by atoms with Gasteiger partial charge in [0, 0.05) is 15.1 Å². The zero-order chi connectivity index (χ0) is 14.9. The van der Waals surface area contributed by atoms with Crippen LogP contribution < -0.4 is 4.72 Å². The van der Waals surface area contributed by atoms with Gasteiger partial charge in [-0.05, 0) is 59.1 Å². The first-order valence-electron chi connectivity index (χ1n) is 5.71. The third-order valence-corrected chi connectivity index (χ3v) is 5.82. The quantitative estimate of drug-likeness (QED) is 0.816. The molecule has 0 aliphatic heterocycles. The van der Waals surface area contributed by atoms with Crippen molar-refractivity contribution >= 4 is 47.7 Å². The summed E-state index contributed by atoms with van der Waals surface area (Å²) in [5, 5.41) is 0. The summed E-state index contributed by atoms with van der Waals surface area (Å²) in [5.74, 6) is 0.291. The molecule has 0 amide bonds. The first-order chi connectivity index (χ1) is 9.29. The number of aryl methyl sites for hydroxylation is 2. The standard InChI is InChI=1S/C13H12Br2N2O2S/c1-8-3-4-13(16-7-8)17-20(18,19)12-6-10(14)9(2)5-11(12)15/h3-7H,1-2H3,(H,16,17). The number of anilines is 1. The summed E-state index contributed by atoms with van der Waals surface area (Å²) >= 11 is 6.62. The van der Waals surface area contributed by atoms with Crippen molar-refractivity contribution in [2.75, 3.05) is 4.72 Å². The van der Waals surface area contributed by atoms with Crippen molar-refractivity contribution in [3.8, 4) is 0 Å². The maximum atomic E-state index is 12.4. The van der Waals surface area contributed by atoms with Crippen molar-refractivity contribution in [1.29, 1.82) is 0 Å². The van der Waals surface area contributed by atoms with Crippen molar-refractivity contribution in [1.82, 2.24) is 4.98 Å². The van der Waals surface area contributed by atoms with E-state index in [1.807, 2.05) is 13.8 Å². The molecular weight excluding hydrogens is 408 g/mol. The molecule has 0 spiro atoms. The highest BCUT2D eigenvalue weighted by atomic mass is 79.9. The van der Waals surface area contributed by atoms with Gasteiger partial charge in [0.2, 0.25) is 0 Å². The number of pyridine rings is 1. The topological polar surface area (TPSA) is 59.1 Å². The number of sulfonamides is 1. The Bertz CT molecular complexity index is 744. The Morgan fingerprint density at radius 2 is 1.80 bits per heavy atom. The number of benzene rings is 1. The monoisotopic (exact) mass is 418 g/mol. The van der Waals surface area contributed by atoms with E-state index in [9.17, 15) is 8.42 Å². The predicted octanol–water partition coefficient (Wildman–Crippen LogP) is 4.02. The molecule has 106 valence electrons. The lowest BCUT2D eigenvalue weighted by atomic mass is 10.2. The summed E-state index contributed by atoms with van der Waals surface area (Å²) in [5.41, 5.74) is 1.91. The highest BCUT2D eigenvalue weighted by Crippen LogP contribution is 2.29. The van der Waals surface area contributed by atoms with Crippen LogP contribution >= 0.6 is 31.9 Å². The number of nitrogens with one attached hydrogen (secondary N) is 1. The molecule has 0 saturated carbocycles. The molecule has 0 atom stereocenters. The van der Waals surface area contributed by atoms with Gasteiger partial charge in [0.15, 0.2) is 0 Å². The summed E-state index contributed by atoms with van der Waals surface area (Å²) in [6, 6.07) is 6.74. The second-order valence-corrected chi connectivity index (χ2v) is 7.72. The Labute approximate surface area is 134 Å². The normalized spacial score (nSPS) is 11.4. The molecule has 2 rings (SSSR count). The summed E-state index contributed by atoms with van der Waals surface area (Å²) in [4.78, 5) is 4.21. The number of halogens is 2. The molecule has 0 radical (unpaired) electrons. The Morgan fingerprint density at radius 3 is 2.40 bits per heavy atom. The molecule has 1 heterocycles. The van der Waals surface area contributed by atoms with Crippen molar-refractivity contribution in [2.24, 2.45) is 0 Å². The van der Waals surface area contributed by atoms with Gasteiger partial charge >= 0.3 is 0 Å². The van der Waals surface area contributed by atoms with Gasteiger partial charge in [-0.2, -0.15) is 0 Å². The summed E-state index contributed by atoms with van der Waals surface area (Å²) in [6.45, 7) is 3.78. The van der Waals surface area contributed by atoms with Gasteiger partial charge < -0.3 is 0 Å². The molecule has 7 heteroatoms. The van der Waals surface area contributed by atoms with Crippen LogP contribution in [0.1, 0.15) is 11.1 Å². The van der Waals surface area contributed by atoms with E-state index < -0.39 is 10.0 Å². The largest absolute Gasteiger partial charge is 0.264 e. The second kappa shape index (κ2) is 5.83. The Balaban J connectivity index is 2.40. The van der Waals surface area contributed by atoms with Crippen LogP contribution in [0.5, 0.6) is 0 Å². The summed E-state index contributed by atoms with van der Waals surface area (Å²) in [7, 11) is -3.69. The molecule has 4 nitrogen and oxygen atoms in total. The Hall–Kier alpha value is -0.920. The molecule has 0 aliphatic carbocycles. The Kier molecular flexibility index (Phi) is 4.51. The average molecular weight is 420 g/mol. The molecule has 0 bridgehead atoms. The summed E-state index contributed by atoms with van der Waals surface area (Å²) in [6.07, 6.45) is 1.61. The number of hydrogen-bond donors (Lipinski definition) is 1. The van der Waals surface area contributed by atoms with Crippen molar-refractivity contribution in [3.63, 3.8) is 0 Å². The van der Waals surface area contributed by atoms with Gasteiger partial charge in [0.1, 0.15) is 10.7 Å². The molecule has 1 aromatic heterocycles. The minimum absolute atomic E-state index is 0.164. The van der Waals surface area contributed by atoms with E-state index in [1.165, 1.54) is 0 Å². The molecule has 1 aromatic carbocycles. The van der Waals surface area contributed by atoms with E-state index in [-0.39, 0.29) is 4.90 Å². The van der Waals surface area contributed by atoms with Crippen LogP contribution in [-0.2, 0) is 10.0 Å². The van der Waals surface area contributed by atoms with Gasteiger partial charge in [-0.25, -0.2) is 13.4 Å². The number of nitrogens with zero attached hydrogens (tertiary/aromatic N) is 1. The third kappa shape index (κ3) is 3.39. The molecular formula is C13H12Br2N2O2S. The van der Waals surface area contributed by atoms with Crippen molar-refractivity contribution < 1.29 is 8.42 Å². The first kappa shape index (κ1) is 15.5. The van der Waals surface area contributed by atoms with E-state index >= 15 is 0 Å². The van der Waals surface area contributed by atoms with E-state index in [0.717, 1.165) is 15.6 Å². The van der Waals surface area contributed by atoms with Gasteiger partial charge in [-0.15, -0.1) is 0 Å². The van der Waals surface area contributed by atoms with Gasteiger partial charge in [-0.1, -0.05) is 22.0 Å². The van der Waals surface area contributed by atoms with Crippen LogP contribution in [0.3, 0.4) is 0 Å². The number of hydrogen-bond acceptors (Lipinski definition) is 3. The molecule has 2 aromatic rings. The first-order valence-corrected chi connectivity index (χ1v) is 8.77. The lowest BCUT2D eigenvalue weighted by Gasteiger charge is -2.10. The minimum atomic E-state index is -3.69. The van der Waals surface area contributed by atoms with Crippen LogP contribution in [0.2, 0.25) is 0 Å². The third-order valence-electron chi connectivity index (χ3n) is 2.65. The fourth-order valence-electron chi connectivity index (χ4n) is 1.55. The lowest BCUT2D eigenvalue weighted by molar-refractivity contribution is 0.600. The minimum Gasteiger partial charge on any atom is -0.263 e. The lowest BCUT2D eigenvalue weighted by Crippen LogP contribution is -2.14. The number of rotatable bonds is 3. The van der Waals surface area contributed by atoms with E-state index in [2.05, 4.69) is 41.6 Å². The SMILES string of the molecule is Cc1ccc(NS(=O)(=O)c2cc(Br)c(C)cc2Br)nc1. The van der Waals surface area contributed by atoms with Crippen LogP contribution in [0, 0.1) is 13.8 Å². The van der Waals surface area contributed by atoms with Crippen LogP contribution in [0.4, 0.5) is 5.82 Å². The molecule has 0 fully saturated rings. The van der Waals surface area contributed by atoms with Gasteiger partial charge in [-0.3, -0.25) is 4.72 Å². The molecule has 0 unspecified atom stereocenters. The van der Waals surface area contributed by atoms with Crippen molar-refractivity contribution in [3.05, 3.63) is 50.5 Å². The van der Waals surface area contributed by atoms with Crippen molar-refractivity contribution in [2.45, 2.75) is 18.7 Å². The number of aromatic nitrogens is 1. The van der Waals surface area contributed by atoms with Crippen LogP contribution in [0.15, 0.2) is 44.3 Å². The zero-order valence-corrected chi connectivity index (χ0v) is 14.8. The molecule has 20 heavy (non-hydrogen) atoms. The fourth-order valence-corrected chi connectivity index (χ4v) is 4.24. The summed E-state index contributed by atoms with van der Waals surface area (Å²) < 4.78 is 28.4. The maximum Gasteiger partial charge on any atom is 0.264 e. The van der Waals surface area contributed by atoms with E-state index in [0.29, 0.717) is 10.3 Å². The molecule has 0 aliphatic rings. The van der Waals surface area contributed by atoms with E-state index in [4.69, 9.17) is 0 Å². The predicted molar refractivity (Wildman–Crippen MR) is 86.4 cm³/mol. The van der Waals surface area contributed by atoms with Crippen LogP contribution in [-0.4, -0.2) is 13.4 Å². The highest BCUT2D eigenvalue weighted by Gasteiger charge is 2.19. The smallest absolute Gasteiger partial charge is 0.263 e. The Morgan fingerprint density at radius 1 is 1.10 bits per heavy atom. The zero-order valence-electron chi connectivity index (χ0n) is 10.8.